The van der Waals surface area contributed by atoms with Gasteiger partial charge in [0.25, 0.3) is 11.6 Å². The number of anilines is 3. The lowest BCUT2D eigenvalue weighted by Crippen LogP contribution is -2.44. The first-order valence-electron chi connectivity index (χ1n) is 11.5. The van der Waals surface area contributed by atoms with Crippen molar-refractivity contribution in [3.8, 4) is 0 Å². The summed E-state index contributed by atoms with van der Waals surface area (Å²) in [5.74, 6) is -1.01. The van der Waals surface area contributed by atoms with Gasteiger partial charge in [0.2, 0.25) is 0 Å². The molecule has 0 aliphatic carbocycles. The molecule has 2 saturated heterocycles. The summed E-state index contributed by atoms with van der Waals surface area (Å²) in [4.78, 5) is 43.0. The molecule has 2 aromatic carbocycles. The number of nitro groups is 1. The van der Waals surface area contributed by atoms with E-state index in [1.807, 2.05) is 4.90 Å². The minimum absolute atomic E-state index is 0.172. The second-order valence-electron chi connectivity index (χ2n) is 8.53. The Balaban J connectivity index is 1.70. The number of piperazine rings is 1. The predicted octanol–water partition coefficient (Wildman–Crippen LogP) is 2.22. The largest absolute Gasteiger partial charge is 0.465 e. The second-order valence-corrected chi connectivity index (χ2v) is 8.53. The molecule has 11 heteroatoms. The summed E-state index contributed by atoms with van der Waals surface area (Å²) < 4.78 is 10.3. The number of methoxy groups -OCH3 is 1. The van der Waals surface area contributed by atoms with E-state index in [-0.39, 0.29) is 11.3 Å². The Morgan fingerprint density at radius 2 is 1.63 bits per heavy atom. The van der Waals surface area contributed by atoms with Crippen LogP contribution >= 0.6 is 0 Å². The van der Waals surface area contributed by atoms with Gasteiger partial charge in [-0.05, 0) is 31.3 Å². The topological polar surface area (TPSA) is 117 Å². The number of carbonyl (C=O) groups is 2. The monoisotopic (exact) mass is 483 g/mol. The third-order valence-electron chi connectivity index (χ3n) is 6.30. The van der Waals surface area contributed by atoms with Gasteiger partial charge in [0.1, 0.15) is 0 Å². The van der Waals surface area contributed by atoms with Crippen LogP contribution < -0.4 is 15.1 Å². The molecule has 0 unspecified atom stereocenters. The van der Waals surface area contributed by atoms with Crippen LogP contribution in [0.15, 0.2) is 36.4 Å². The van der Waals surface area contributed by atoms with Crippen molar-refractivity contribution in [1.29, 1.82) is 0 Å². The fourth-order valence-electron chi connectivity index (χ4n) is 4.29. The molecule has 2 aliphatic heterocycles. The Kier molecular flexibility index (Phi) is 7.47. The van der Waals surface area contributed by atoms with Crippen molar-refractivity contribution in [2.24, 2.45) is 0 Å². The number of hydrogen-bond donors (Lipinski definition) is 1. The van der Waals surface area contributed by atoms with Gasteiger partial charge in [0, 0.05) is 51.4 Å². The Hall–Kier alpha value is -3.70. The molecule has 0 saturated carbocycles. The molecule has 2 aliphatic rings. The van der Waals surface area contributed by atoms with E-state index in [2.05, 4.69) is 22.2 Å². The number of ether oxygens (including phenoxy) is 2. The number of hydrogen-bond acceptors (Lipinski definition) is 9. The van der Waals surface area contributed by atoms with Crippen LogP contribution in [0, 0.1) is 10.1 Å². The average molecular weight is 484 g/mol. The SMILES string of the molecule is COC(=O)c1ccc(N2CCN(C)CC2)c(NC(=O)c2cc([N+](=O)[O-])ccc2N2CCOCC2)c1. The van der Waals surface area contributed by atoms with Crippen LogP contribution in [0.2, 0.25) is 0 Å². The maximum absolute atomic E-state index is 13.6. The molecule has 0 aromatic heterocycles. The highest BCUT2D eigenvalue weighted by molar-refractivity contribution is 6.10. The lowest BCUT2D eigenvalue weighted by atomic mass is 10.1. The molecule has 2 fully saturated rings. The second kappa shape index (κ2) is 10.7. The van der Waals surface area contributed by atoms with Gasteiger partial charge in [-0.2, -0.15) is 0 Å². The Morgan fingerprint density at radius 3 is 2.29 bits per heavy atom. The van der Waals surface area contributed by atoms with Crippen molar-refractivity contribution in [2.45, 2.75) is 0 Å². The number of morpholine rings is 1. The number of likely N-dealkylation sites (N-methyl/N-ethyl adjacent to an activating group) is 1. The Bertz CT molecular complexity index is 1110. The van der Waals surface area contributed by atoms with Crippen molar-refractivity contribution in [1.82, 2.24) is 4.90 Å². The van der Waals surface area contributed by atoms with Gasteiger partial charge in [-0.15, -0.1) is 0 Å². The first-order chi connectivity index (χ1) is 16.9. The number of carbonyl (C=O) groups excluding carboxylic acids is 2. The molecule has 11 nitrogen and oxygen atoms in total. The summed E-state index contributed by atoms with van der Waals surface area (Å²) in [5.41, 5.74) is 2.14. The third kappa shape index (κ3) is 5.52. The van der Waals surface area contributed by atoms with Crippen LogP contribution in [0.1, 0.15) is 20.7 Å². The number of nitrogens with one attached hydrogen (secondary N) is 1. The Labute approximate surface area is 203 Å². The maximum Gasteiger partial charge on any atom is 0.337 e. The third-order valence-corrected chi connectivity index (χ3v) is 6.30. The highest BCUT2D eigenvalue weighted by Gasteiger charge is 2.25. The molecule has 2 aromatic rings. The molecular formula is C24H29N5O6. The zero-order valence-electron chi connectivity index (χ0n) is 19.9. The van der Waals surface area contributed by atoms with E-state index in [0.29, 0.717) is 43.2 Å². The van der Waals surface area contributed by atoms with Gasteiger partial charge >= 0.3 is 5.97 Å². The molecule has 0 bridgehead atoms. The summed E-state index contributed by atoms with van der Waals surface area (Å²) >= 11 is 0. The van der Waals surface area contributed by atoms with Crippen LogP contribution in [0.25, 0.3) is 0 Å². The van der Waals surface area contributed by atoms with E-state index >= 15 is 0 Å². The van der Waals surface area contributed by atoms with E-state index in [1.165, 1.54) is 19.2 Å². The van der Waals surface area contributed by atoms with Crippen molar-refractivity contribution < 1.29 is 24.0 Å². The molecule has 35 heavy (non-hydrogen) atoms. The lowest BCUT2D eigenvalue weighted by Gasteiger charge is -2.35. The van der Waals surface area contributed by atoms with Crippen molar-refractivity contribution in [3.05, 3.63) is 57.6 Å². The standard InChI is InChI=1S/C24H29N5O6/c1-26-7-9-27(10-8-26)22-5-3-17(24(31)34-2)15-20(22)25-23(30)19-16-18(29(32)33)4-6-21(19)28-11-13-35-14-12-28/h3-6,15-16H,7-14H2,1-2H3,(H,25,30). The Morgan fingerprint density at radius 1 is 0.971 bits per heavy atom. The number of rotatable bonds is 6. The van der Waals surface area contributed by atoms with Gasteiger partial charge in [0.05, 0.1) is 53.4 Å². The van der Waals surface area contributed by atoms with Crippen LogP contribution in [-0.4, -0.2) is 88.3 Å². The van der Waals surface area contributed by atoms with E-state index in [1.54, 1.807) is 24.3 Å². The molecule has 1 N–H and O–H groups in total. The van der Waals surface area contributed by atoms with Crippen LogP contribution in [-0.2, 0) is 9.47 Å². The zero-order valence-corrected chi connectivity index (χ0v) is 19.9. The quantitative estimate of drug-likeness (QED) is 0.375. The maximum atomic E-state index is 13.6. The molecule has 1 amide bonds. The summed E-state index contributed by atoms with van der Waals surface area (Å²) in [6, 6.07) is 9.34. The number of esters is 1. The number of amides is 1. The first kappa shape index (κ1) is 24.4. The summed E-state index contributed by atoms with van der Waals surface area (Å²) in [7, 11) is 3.35. The fraction of sp³-hybridized carbons (Fsp3) is 0.417. The van der Waals surface area contributed by atoms with E-state index in [9.17, 15) is 19.7 Å². The zero-order chi connectivity index (χ0) is 24.9. The van der Waals surface area contributed by atoms with E-state index in [4.69, 9.17) is 9.47 Å². The van der Waals surface area contributed by atoms with Gasteiger partial charge < -0.3 is 29.5 Å². The molecular weight excluding hydrogens is 454 g/mol. The number of non-ortho nitro benzene ring substituents is 1. The molecule has 186 valence electrons. The van der Waals surface area contributed by atoms with Crippen LogP contribution in [0.4, 0.5) is 22.7 Å². The summed E-state index contributed by atoms with van der Waals surface area (Å²) in [6.07, 6.45) is 0. The lowest BCUT2D eigenvalue weighted by molar-refractivity contribution is -0.384. The molecule has 2 heterocycles. The van der Waals surface area contributed by atoms with Crippen molar-refractivity contribution in [2.75, 3.05) is 81.8 Å². The normalized spacial score (nSPS) is 16.6. The number of nitro benzene ring substituents is 1. The first-order valence-corrected chi connectivity index (χ1v) is 11.5. The average Bonchev–Trinajstić information content (AvgIpc) is 2.88. The number of benzene rings is 2. The molecule has 4 rings (SSSR count). The molecule has 0 radical (unpaired) electrons. The highest BCUT2D eigenvalue weighted by atomic mass is 16.6. The van der Waals surface area contributed by atoms with E-state index < -0.39 is 16.8 Å². The summed E-state index contributed by atoms with van der Waals surface area (Å²) in [6.45, 7) is 5.39. The number of nitrogens with zero attached hydrogens (tertiary/aromatic N) is 4. The highest BCUT2D eigenvalue weighted by Crippen LogP contribution is 2.32. The fourth-order valence-corrected chi connectivity index (χ4v) is 4.29. The smallest absolute Gasteiger partial charge is 0.337 e. The van der Waals surface area contributed by atoms with Gasteiger partial charge in [0.15, 0.2) is 0 Å². The van der Waals surface area contributed by atoms with Gasteiger partial charge in [-0.1, -0.05) is 0 Å². The minimum Gasteiger partial charge on any atom is -0.465 e. The van der Waals surface area contributed by atoms with Crippen LogP contribution in [0.5, 0.6) is 0 Å². The minimum atomic E-state index is -0.520. The molecule has 0 spiro atoms. The van der Waals surface area contributed by atoms with Gasteiger partial charge in [-0.3, -0.25) is 14.9 Å². The van der Waals surface area contributed by atoms with E-state index in [0.717, 1.165) is 31.9 Å². The predicted molar refractivity (Wildman–Crippen MR) is 132 cm³/mol. The van der Waals surface area contributed by atoms with Gasteiger partial charge in [-0.25, -0.2) is 4.79 Å². The van der Waals surface area contributed by atoms with Crippen molar-refractivity contribution >= 4 is 34.6 Å². The van der Waals surface area contributed by atoms with Crippen molar-refractivity contribution in [3.63, 3.8) is 0 Å². The van der Waals surface area contributed by atoms with Crippen LogP contribution in [0.3, 0.4) is 0 Å². The molecule has 0 atom stereocenters. The summed E-state index contributed by atoms with van der Waals surface area (Å²) in [5, 5.41) is 14.4.